The molecule has 0 spiro atoms. The average Bonchev–Trinajstić information content (AvgIpc) is 2.53. The van der Waals surface area contributed by atoms with Gasteiger partial charge in [0.1, 0.15) is 0 Å². The Hall–Kier alpha value is -2.38. The van der Waals surface area contributed by atoms with Crippen LogP contribution in [0.1, 0.15) is 21.5 Å². The number of carbonyl (C=O) groups excluding carboxylic acids is 1. The molecule has 1 atom stereocenters. The Kier molecular flexibility index (Phi) is 3.59. The van der Waals surface area contributed by atoms with Crippen LogP contribution in [0, 0.1) is 10.1 Å². The molecule has 2 aromatic carbocycles. The topological polar surface area (TPSA) is 92.5 Å². The van der Waals surface area contributed by atoms with E-state index in [2.05, 4.69) is 0 Å². The van der Waals surface area contributed by atoms with Crippen molar-refractivity contribution in [1.29, 1.82) is 0 Å². The highest BCUT2D eigenvalue weighted by molar-refractivity contribution is 7.91. The zero-order valence-electron chi connectivity index (χ0n) is 11.6. The number of non-ortho nitro benzene ring substituents is 1. The lowest BCUT2D eigenvalue weighted by atomic mass is 9.98. The first-order chi connectivity index (χ1) is 10.5. The van der Waals surface area contributed by atoms with Crippen molar-refractivity contribution in [2.75, 3.05) is 7.11 Å². The molecule has 0 bridgehead atoms. The van der Waals surface area contributed by atoms with E-state index in [0.717, 1.165) is 5.56 Å². The Bertz CT molecular complexity index is 789. The van der Waals surface area contributed by atoms with Crippen LogP contribution in [0.25, 0.3) is 0 Å². The van der Waals surface area contributed by atoms with Gasteiger partial charge in [-0.05, 0) is 6.07 Å². The molecule has 0 saturated heterocycles. The second-order valence-electron chi connectivity index (χ2n) is 4.77. The molecule has 0 radical (unpaired) electrons. The van der Waals surface area contributed by atoms with E-state index < -0.39 is 22.1 Å². The number of methoxy groups -OCH3 is 1. The van der Waals surface area contributed by atoms with Gasteiger partial charge in [-0.1, -0.05) is 18.2 Å². The number of hydrogen-bond acceptors (Lipinski definition) is 5. The number of nitro benzene ring substituents is 1. The van der Waals surface area contributed by atoms with E-state index in [4.69, 9.17) is 4.74 Å². The predicted octanol–water partition coefficient (Wildman–Crippen LogP) is 2.45. The van der Waals surface area contributed by atoms with Crippen LogP contribution in [-0.4, -0.2) is 22.6 Å². The minimum atomic E-state index is -1.56. The van der Waals surface area contributed by atoms with Gasteiger partial charge in [-0.3, -0.25) is 10.1 Å². The van der Waals surface area contributed by atoms with Crippen LogP contribution in [0.5, 0.6) is 0 Å². The zero-order chi connectivity index (χ0) is 15.9. The van der Waals surface area contributed by atoms with E-state index in [9.17, 15) is 19.5 Å². The van der Waals surface area contributed by atoms with Crippen molar-refractivity contribution in [1.82, 2.24) is 0 Å². The quantitative estimate of drug-likeness (QED) is 0.367. The molecule has 22 heavy (non-hydrogen) atoms. The van der Waals surface area contributed by atoms with Crippen LogP contribution in [0.2, 0.25) is 0 Å². The van der Waals surface area contributed by atoms with E-state index in [-0.39, 0.29) is 11.3 Å². The van der Waals surface area contributed by atoms with E-state index >= 15 is 0 Å². The molecule has 7 heteroatoms. The summed E-state index contributed by atoms with van der Waals surface area (Å²) in [4.78, 5) is 23.3. The van der Waals surface area contributed by atoms with Crippen molar-refractivity contribution in [3.8, 4) is 0 Å². The number of hydrogen-bond donors (Lipinski definition) is 0. The van der Waals surface area contributed by atoms with Gasteiger partial charge in [-0.25, -0.2) is 4.79 Å². The summed E-state index contributed by atoms with van der Waals surface area (Å²) in [5.41, 5.74) is 1.18. The molecule has 0 saturated carbocycles. The molecule has 3 rings (SSSR count). The third-order valence-corrected chi connectivity index (χ3v) is 5.11. The lowest BCUT2D eigenvalue weighted by Crippen LogP contribution is -2.19. The van der Waals surface area contributed by atoms with Gasteiger partial charge < -0.3 is 9.29 Å². The monoisotopic (exact) mass is 317 g/mol. The summed E-state index contributed by atoms with van der Waals surface area (Å²) in [6.45, 7) is 0. The minimum absolute atomic E-state index is 0.0922. The van der Waals surface area contributed by atoms with E-state index in [1.807, 2.05) is 12.1 Å². The number of rotatable bonds is 2. The Morgan fingerprint density at radius 3 is 2.68 bits per heavy atom. The fourth-order valence-electron chi connectivity index (χ4n) is 2.52. The number of benzene rings is 2. The normalized spacial score (nSPS) is 15.6. The Morgan fingerprint density at radius 2 is 2.00 bits per heavy atom. The summed E-state index contributed by atoms with van der Waals surface area (Å²) in [6.07, 6.45) is 0.389. The largest absolute Gasteiger partial charge is 0.606 e. The smallest absolute Gasteiger partial charge is 0.338 e. The third-order valence-electron chi connectivity index (χ3n) is 3.55. The summed E-state index contributed by atoms with van der Waals surface area (Å²) in [6, 6.07) is 9.60. The Morgan fingerprint density at radius 1 is 1.27 bits per heavy atom. The van der Waals surface area contributed by atoms with E-state index in [1.54, 1.807) is 12.1 Å². The summed E-state index contributed by atoms with van der Waals surface area (Å²) in [5, 5.41) is 11.1. The third kappa shape index (κ3) is 2.24. The molecule has 2 aromatic rings. The Labute approximate surface area is 129 Å². The molecule has 0 N–H and O–H groups in total. The van der Waals surface area contributed by atoms with E-state index in [1.165, 1.54) is 19.2 Å². The minimum Gasteiger partial charge on any atom is -0.606 e. The summed E-state index contributed by atoms with van der Waals surface area (Å²) < 4.78 is 17.4. The van der Waals surface area contributed by atoms with Crippen molar-refractivity contribution in [3.63, 3.8) is 0 Å². The molecule has 0 aromatic heterocycles. The SMILES string of the molecule is COC(=O)c1cc([N+](=O)[O-])cc2c1Cc1ccccc1[S+]2[O-]. The summed E-state index contributed by atoms with van der Waals surface area (Å²) in [5.74, 6) is -0.670. The standard InChI is InChI=1S/C15H11NO5S/c1-21-15(17)12-7-10(16(18)19)8-14-11(12)6-9-4-2-3-5-13(9)22(14)20/h2-5,7-8H,6H2,1H3. The molecule has 1 heterocycles. The fourth-order valence-corrected chi connectivity index (χ4v) is 3.97. The number of fused-ring (bicyclic) bond motifs is 2. The van der Waals surface area contributed by atoms with Crippen LogP contribution in [0.4, 0.5) is 5.69 Å². The highest BCUT2D eigenvalue weighted by atomic mass is 32.2. The molecule has 112 valence electrons. The molecule has 0 fully saturated rings. The second kappa shape index (κ2) is 5.43. The predicted molar refractivity (Wildman–Crippen MR) is 78.4 cm³/mol. The number of carbonyl (C=O) groups is 1. The van der Waals surface area contributed by atoms with Gasteiger partial charge in [0.25, 0.3) is 5.69 Å². The molecule has 1 aliphatic heterocycles. The maximum Gasteiger partial charge on any atom is 0.338 e. The van der Waals surface area contributed by atoms with Crippen LogP contribution < -0.4 is 0 Å². The number of esters is 1. The Balaban J connectivity index is 2.25. The van der Waals surface area contributed by atoms with Gasteiger partial charge in [0, 0.05) is 34.8 Å². The molecular weight excluding hydrogens is 306 g/mol. The zero-order valence-corrected chi connectivity index (χ0v) is 12.4. The number of nitro groups is 1. The summed E-state index contributed by atoms with van der Waals surface area (Å²) in [7, 11) is 1.21. The van der Waals surface area contributed by atoms with Crippen LogP contribution in [-0.2, 0) is 22.3 Å². The van der Waals surface area contributed by atoms with Crippen molar-refractivity contribution in [3.05, 3.63) is 63.2 Å². The molecule has 0 aliphatic carbocycles. The highest BCUT2D eigenvalue weighted by Crippen LogP contribution is 2.38. The number of ether oxygens (including phenoxy) is 1. The van der Waals surface area contributed by atoms with Gasteiger partial charge in [0.2, 0.25) is 0 Å². The fraction of sp³-hybridized carbons (Fsp3) is 0.133. The van der Waals surface area contributed by atoms with Crippen molar-refractivity contribution < 1.29 is 19.0 Å². The second-order valence-corrected chi connectivity index (χ2v) is 6.19. The first kappa shape index (κ1) is 14.6. The van der Waals surface area contributed by atoms with Crippen molar-refractivity contribution in [2.24, 2.45) is 0 Å². The van der Waals surface area contributed by atoms with Gasteiger partial charge in [0.15, 0.2) is 9.79 Å². The lowest BCUT2D eigenvalue weighted by molar-refractivity contribution is -0.385. The van der Waals surface area contributed by atoms with Gasteiger partial charge in [0.05, 0.1) is 23.7 Å². The van der Waals surface area contributed by atoms with Crippen LogP contribution >= 0.6 is 0 Å². The molecular formula is C15H11NO5S. The first-order valence-electron chi connectivity index (χ1n) is 6.42. The van der Waals surface area contributed by atoms with Crippen molar-refractivity contribution >= 4 is 22.8 Å². The van der Waals surface area contributed by atoms with Gasteiger partial charge in [-0.15, -0.1) is 0 Å². The lowest BCUT2D eigenvalue weighted by Gasteiger charge is -2.22. The maximum absolute atomic E-state index is 12.7. The van der Waals surface area contributed by atoms with Gasteiger partial charge >= 0.3 is 5.97 Å². The van der Waals surface area contributed by atoms with Crippen LogP contribution in [0.3, 0.4) is 0 Å². The van der Waals surface area contributed by atoms with Gasteiger partial charge in [-0.2, -0.15) is 0 Å². The average molecular weight is 317 g/mol. The maximum atomic E-state index is 12.7. The van der Waals surface area contributed by atoms with Crippen molar-refractivity contribution in [2.45, 2.75) is 16.2 Å². The molecule has 0 amide bonds. The molecule has 1 unspecified atom stereocenters. The number of nitrogens with zero attached hydrogens (tertiary/aromatic N) is 1. The summed E-state index contributed by atoms with van der Waals surface area (Å²) >= 11 is -1.56. The molecule has 6 nitrogen and oxygen atoms in total. The first-order valence-corrected chi connectivity index (χ1v) is 7.57. The van der Waals surface area contributed by atoms with E-state index in [0.29, 0.717) is 21.8 Å². The van der Waals surface area contributed by atoms with Crippen LogP contribution in [0.15, 0.2) is 46.2 Å². The molecule has 1 aliphatic rings. The highest BCUT2D eigenvalue weighted by Gasteiger charge is 2.34.